The molecule has 0 aromatic rings. The van der Waals surface area contributed by atoms with Crippen LogP contribution in [0, 0.1) is 0 Å². The highest BCUT2D eigenvalue weighted by molar-refractivity contribution is 6.11. The van der Waals surface area contributed by atoms with Crippen LogP contribution in [0.2, 0.25) is 0 Å². The molecule has 0 amide bonds. The third kappa shape index (κ3) is 1.16. The largest absolute Gasteiger partial charge is 0.381 e. The Balaban J connectivity index is 2.25. The molecule has 5 atom stereocenters. The minimum atomic E-state index is -0.409. The highest BCUT2D eigenvalue weighted by atomic mass is 16.7. The van der Waals surface area contributed by atoms with Crippen LogP contribution in [0.15, 0.2) is 0 Å². The molecule has 0 aliphatic carbocycles. The van der Waals surface area contributed by atoms with Crippen molar-refractivity contribution in [3.63, 3.8) is 0 Å². The summed E-state index contributed by atoms with van der Waals surface area (Å²) in [6, 6.07) is 0.0892. The standard InChI is InChI=1S/C9H17BO4/c1-5-9(4-11-2)7(12-3)6(13-5)8(10)14-9/h5-8H,4,10H2,1-3H3/t5?,6-,7+,8-,9+/m1/s1. The van der Waals surface area contributed by atoms with Crippen LogP contribution in [0.1, 0.15) is 6.92 Å². The third-order valence-corrected chi connectivity index (χ3v) is 3.32. The van der Waals surface area contributed by atoms with Gasteiger partial charge in [-0.15, -0.1) is 0 Å². The second-order valence-corrected chi connectivity index (χ2v) is 4.11. The molecule has 0 saturated carbocycles. The first-order valence-electron chi connectivity index (χ1n) is 5.00. The fourth-order valence-corrected chi connectivity index (χ4v) is 2.66. The van der Waals surface area contributed by atoms with Crippen molar-refractivity contribution in [2.45, 2.75) is 36.8 Å². The zero-order valence-corrected chi connectivity index (χ0v) is 9.15. The van der Waals surface area contributed by atoms with Crippen molar-refractivity contribution in [1.29, 1.82) is 0 Å². The van der Waals surface area contributed by atoms with Gasteiger partial charge < -0.3 is 18.9 Å². The average molecular weight is 200 g/mol. The number of methoxy groups -OCH3 is 2. The zero-order valence-electron chi connectivity index (χ0n) is 9.15. The summed E-state index contributed by atoms with van der Waals surface area (Å²) in [5.41, 5.74) is -0.409. The lowest BCUT2D eigenvalue weighted by molar-refractivity contribution is -0.178. The van der Waals surface area contributed by atoms with E-state index in [1.807, 2.05) is 14.8 Å². The molecular formula is C9H17BO4. The Morgan fingerprint density at radius 2 is 2.14 bits per heavy atom. The van der Waals surface area contributed by atoms with E-state index in [4.69, 9.17) is 18.9 Å². The Hall–Kier alpha value is -0.0951. The van der Waals surface area contributed by atoms with Crippen molar-refractivity contribution >= 4 is 7.85 Å². The quantitative estimate of drug-likeness (QED) is 0.557. The van der Waals surface area contributed by atoms with Crippen LogP contribution in [-0.4, -0.2) is 58.6 Å². The third-order valence-electron chi connectivity index (χ3n) is 3.32. The first kappa shape index (κ1) is 10.4. The molecule has 0 N–H and O–H groups in total. The van der Waals surface area contributed by atoms with Crippen molar-refractivity contribution in [3.8, 4) is 0 Å². The van der Waals surface area contributed by atoms with Gasteiger partial charge in [-0.2, -0.15) is 0 Å². The van der Waals surface area contributed by atoms with Crippen LogP contribution in [0.4, 0.5) is 0 Å². The van der Waals surface area contributed by atoms with E-state index in [0.29, 0.717) is 6.61 Å². The molecule has 14 heavy (non-hydrogen) atoms. The number of hydrogen-bond donors (Lipinski definition) is 0. The smallest absolute Gasteiger partial charge is 0.145 e. The van der Waals surface area contributed by atoms with Gasteiger partial charge >= 0.3 is 0 Å². The molecule has 2 rings (SSSR count). The fourth-order valence-electron chi connectivity index (χ4n) is 2.66. The molecule has 0 radical (unpaired) electrons. The first-order valence-corrected chi connectivity index (χ1v) is 5.00. The Kier molecular flexibility index (Phi) is 2.60. The maximum absolute atomic E-state index is 5.93. The predicted octanol–water partition coefficient (Wildman–Crippen LogP) is -0.837. The molecule has 0 aromatic carbocycles. The maximum Gasteiger partial charge on any atom is 0.145 e. The van der Waals surface area contributed by atoms with Gasteiger partial charge in [0, 0.05) is 14.2 Å². The minimum absolute atomic E-state index is 0.00699. The van der Waals surface area contributed by atoms with Crippen molar-refractivity contribution in [2.24, 2.45) is 0 Å². The number of hydrogen-bond acceptors (Lipinski definition) is 4. The van der Waals surface area contributed by atoms with Gasteiger partial charge in [0.25, 0.3) is 0 Å². The Morgan fingerprint density at radius 1 is 1.43 bits per heavy atom. The Morgan fingerprint density at radius 3 is 2.71 bits per heavy atom. The first-order chi connectivity index (χ1) is 6.65. The summed E-state index contributed by atoms with van der Waals surface area (Å²) in [5.74, 6) is 0. The van der Waals surface area contributed by atoms with Gasteiger partial charge in [0.15, 0.2) is 0 Å². The number of fused-ring (bicyclic) bond motifs is 2. The van der Waals surface area contributed by atoms with Gasteiger partial charge in [-0.25, -0.2) is 0 Å². The van der Waals surface area contributed by atoms with E-state index in [9.17, 15) is 0 Å². The van der Waals surface area contributed by atoms with Gasteiger partial charge in [0.2, 0.25) is 0 Å². The molecule has 4 nitrogen and oxygen atoms in total. The number of ether oxygens (including phenoxy) is 4. The van der Waals surface area contributed by atoms with E-state index >= 15 is 0 Å². The number of rotatable bonds is 3. The molecular weight excluding hydrogens is 183 g/mol. The van der Waals surface area contributed by atoms with E-state index in [2.05, 4.69) is 0 Å². The Bertz CT molecular complexity index is 225. The lowest BCUT2D eigenvalue weighted by atomic mass is 9.90. The van der Waals surface area contributed by atoms with Crippen molar-refractivity contribution in [2.75, 3.05) is 20.8 Å². The molecule has 2 bridgehead atoms. The molecule has 1 unspecified atom stereocenters. The fraction of sp³-hybridized carbons (Fsp3) is 1.00. The van der Waals surface area contributed by atoms with Crippen LogP contribution in [0.25, 0.3) is 0 Å². The SMILES string of the molecule is B[C@@H]1O[C@@]2(COC)C(C)O[C@@H]1[C@@H]2OC. The molecule has 2 fully saturated rings. The monoisotopic (exact) mass is 200 g/mol. The molecule has 2 saturated heterocycles. The zero-order chi connectivity index (χ0) is 10.3. The van der Waals surface area contributed by atoms with Crippen LogP contribution >= 0.6 is 0 Å². The summed E-state index contributed by atoms with van der Waals surface area (Å²) in [5, 5.41) is 0. The Labute approximate surface area is 85.3 Å². The van der Waals surface area contributed by atoms with Gasteiger partial charge in [0.05, 0.1) is 18.7 Å². The lowest BCUT2D eigenvalue weighted by Crippen LogP contribution is -2.50. The average Bonchev–Trinajstić information content (AvgIpc) is 2.54. The van der Waals surface area contributed by atoms with Gasteiger partial charge in [-0.05, 0) is 6.92 Å². The van der Waals surface area contributed by atoms with Crippen molar-refractivity contribution in [1.82, 2.24) is 0 Å². The maximum atomic E-state index is 5.93. The summed E-state index contributed by atoms with van der Waals surface area (Å²) in [6.45, 7) is 2.53. The van der Waals surface area contributed by atoms with E-state index in [-0.39, 0.29) is 24.3 Å². The second-order valence-electron chi connectivity index (χ2n) is 4.11. The summed E-state index contributed by atoms with van der Waals surface area (Å²) in [6.07, 6.45) is 0.0752. The molecule has 80 valence electrons. The van der Waals surface area contributed by atoms with E-state index in [1.165, 1.54) is 0 Å². The van der Waals surface area contributed by atoms with E-state index in [1.54, 1.807) is 14.2 Å². The highest BCUT2D eigenvalue weighted by Crippen LogP contribution is 2.44. The molecule has 5 heteroatoms. The predicted molar refractivity (Wildman–Crippen MR) is 53.2 cm³/mol. The lowest BCUT2D eigenvalue weighted by Gasteiger charge is -2.34. The van der Waals surface area contributed by atoms with Crippen LogP contribution < -0.4 is 0 Å². The van der Waals surface area contributed by atoms with Crippen molar-refractivity contribution in [3.05, 3.63) is 0 Å². The molecule has 0 spiro atoms. The van der Waals surface area contributed by atoms with Gasteiger partial charge in [0.1, 0.15) is 25.7 Å². The molecule has 2 aliphatic rings. The van der Waals surface area contributed by atoms with Crippen LogP contribution in [-0.2, 0) is 18.9 Å². The van der Waals surface area contributed by atoms with Gasteiger partial charge in [-0.1, -0.05) is 0 Å². The van der Waals surface area contributed by atoms with Crippen molar-refractivity contribution < 1.29 is 18.9 Å². The van der Waals surface area contributed by atoms with Gasteiger partial charge in [-0.3, -0.25) is 0 Å². The second kappa shape index (κ2) is 3.49. The molecule has 0 aromatic heterocycles. The van der Waals surface area contributed by atoms with E-state index in [0.717, 1.165) is 0 Å². The minimum Gasteiger partial charge on any atom is -0.381 e. The van der Waals surface area contributed by atoms with E-state index < -0.39 is 5.60 Å². The summed E-state index contributed by atoms with van der Waals surface area (Å²) in [7, 11) is 5.39. The normalized spacial score (nSPS) is 51.4. The van der Waals surface area contributed by atoms with Crippen LogP contribution in [0.5, 0.6) is 0 Å². The molecule has 2 aliphatic heterocycles. The molecule has 2 heterocycles. The summed E-state index contributed by atoms with van der Waals surface area (Å²) >= 11 is 0. The summed E-state index contributed by atoms with van der Waals surface area (Å²) in [4.78, 5) is 0. The summed E-state index contributed by atoms with van der Waals surface area (Å²) < 4.78 is 22.4. The highest BCUT2D eigenvalue weighted by Gasteiger charge is 2.64. The van der Waals surface area contributed by atoms with Crippen LogP contribution in [0.3, 0.4) is 0 Å². The topological polar surface area (TPSA) is 36.9 Å².